The van der Waals surface area contributed by atoms with Gasteiger partial charge in [-0.2, -0.15) is 0 Å². The standard InChI is InChI=1S/C17H28N2O4S/c1-12(2)15-8-13(10-18-16(20)23-17(3,4)5)7-14(9-15)11-19-24(6,21)22/h7-9,12,19H,10-11H2,1-6H3,(H,18,20). The van der Waals surface area contributed by atoms with Gasteiger partial charge in [0, 0.05) is 13.1 Å². The number of hydrogen-bond donors (Lipinski definition) is 2. The average Bonchev–Trinajstić information content (AvgIpc) is 2.40. The van der Waals surface area contributed by atoms with Crippen LogP contribution in [0.25, 0.3) is 0 Å². The highest BCUT2D eigenvalue weighted by molar-refractivity contribution is 7.88. The van der Waals surface area contributed by atoms with Crippen LogP contribution in [0.2, 0.25) is 0 Å². The summed E-state index contributed by atoms with van der Waals surface area (Å²) in [4.78, 5) is 11.8. The minimum atomic E-state index is -3.25. The third-order valence-corrected chi connectivity index (χ3v) is 3.78. The van der Waals surface area contributed by atoms with E-state index in [2.05, 4.69) is 23.9 Å². The summed E-state index contributed by atoms with van der Waals surface area (Å²) in [5.74, 6) is 0.295. The van der Waals surface area contributed by atoms with Crippen LogP contribution >= 0.6 is 0 Å². The Bertz CT molecular complexity index is 676. The number of nitrogens with one attached hydrogen (secondary N) is 2. The van der Waals surface area contributed by atoms with E-state index < -0.39 is 21.7 Å². The summed E-state index contributed by atoms with van der Waals surface area (Å²) in [5, 5.41) is 2.72. The molecule has 1 aromatic rings. The third-order valence-electron chi connectivity index (χ3n) is 3.12. The summed E-state index contributed by atoms with van der Waals surface area (Å²) in [7, 11) is -3.25. The van der Waals surface area contributed by atoms with Crippen molar-refractivity contribution in [2.45, 2.75) is 59.2 Å². The van der Waals surface area contributed by atoms with Crippen molar-refractivity contribution in [3.05, 3.63) is 34.9 Å². The van der Waals surface area contributed by atoms with E-state index in [4.69, 9.17) is 4.74 Å². The maximum Gasteiger partial charge on any atom is 0.407 e. The lowest BCUT2D eigenvalue weighted by Gasteiger charge is -2.20. The molecule has 0 fully saturated rings. The summed E-state index contributed by atoms with van der Waals surface area (Å²) < 4.78 is 30.2. The molecule has 1 rings (SSSR count). The number of alkyl carbamates (subject to hydrolysis) is 1. The summed E-state index contributed by atoms with van der Waals surface area (Å²) in [5.41, 5.74) is 2.29. The second kappa shape index (κ2) is 7.98. The molecule has 1 aromatic carbocycles. The minimum Gasteiger partial charge on any atom is -0.444 e. The van der Waals surface area contributed by atoms with E-state index in [0.29, 0.717) is 12.5 Å². The monoisotopic (exact) mass is 356 g/mol. The Kier molecular flexibility index (Phi) is 6.80. The van der Waals surface area contributed by atoms with Gasteiger partial charge < -0.3 is 10.1 Å². The van der Waals surface area contributed by atoms with Gasteiger partial charge in [-0.05, 0) is 43.4 Å². The molecule has 0 saturated heterocycles. The molecule has 136 valence electrons. The molecule has 0 radical (unpaired) electrons. The quantitative estimate of drug-likeness (QED) is 0.821. The third kappa shape index (κ3) is 8.31. The fourth-order valence-corrected chi connectivity index (χ4v) is 2.46. The number of carbonyl (C=O) groups excluding carboxylic acids is 1. The molecule has 1 amide bonds. The Morgan fingerprint density at radius 2 is 1.67 bits per heavy atom. The molecule has 0 aromatic heterocycles. The number of hydrogen-bond acceptors (Lipinski definition) is 4. The van der Waals surface area contributed by atoms with Crippen LogP contribution in [0, 0.1) is 0 Å². The Morgan fingerprint density at radius 1 is 1.12 bits per heavy atom. The summed E-state index contributed by atoms with van der Waals surface area (Å²) >= 11 is 0. The average molecular weight is 356 g/mol. The van der Waals surface area contributed by atoms with Gasteiger partial charge in [-0.15, -0.1) is 0 Å². The second-order valence-electron chi connectivity index (χ2n) is 7.19. The van der Waals surface area contributed by atoms with Crippen molar-refractivity contribution in [2.75, 3.05) is 6.26 Å². The number of sulfonamides is 1. The first-order chi connectivity index (χ1) is 10.9. The predicted octanol–water partition coefficient (Wildman–Crippen LogP) is 2.88. The van der Waals surface area contributed by atoms with Crippen molar-refractivity contribution in [1.82, 2.24) is 10.0 Å². The maximum atomic E-state index is 11.8. The van der Waals surface area contributed by atoms with Gasteiger partial charge >= 0.3 is 6.09 Å². The number of ether oxygens (including phenoxy) is 1. The molecule has 0 unspecified atom stereocenters. The van der Waals surface area contributed by atoms with Gasteiger partial charge in [0.2, 0.25) is 10.0 Å². The van der Waals surface area contributed by atoms with Gasteiger partial charge in [0.25, 0.3) is 0 Å². The molecule has 0 aliphatic rings. The maximum absolute atomic E-state index is 11.8. The normalized spacial score (nSPS) is 12.3. The van der Waals surface area contributed by atoms with Gasteiger partial charge in [-0.3, -0.25) is 0 Å². The Balaban J connectivity index is 2.85. The van der Waals surface area contributed by atoms with E-state index in [0.717, 1.165) is 22.9 Å². The van der Waals surface area contributed by atoms with Crippen LogP contribution in [-0.2, 0) is 27.8 Å². The molecular weight excluding hydrogens is 328 g/mol. The zero-order chi connectivity index (χ0) is 18.5. The van der Waals surface area contributed by atoms with Crippen molar-refractivity contribution in [3.8, 4) is 0 Å². The first kappa shape index (κ1) is 20.4. The predicted molar refractivity (Wildman–Crippen MR) is 95.3 cm³/mol. The molecule has 2 N–H and O–H groups in total. The van der Waals surface area contributed by atoms with Crippen LogP contribution < -0.4 is 10.0 Å². The van der Waals surface area contributed by atoms with Gasteiger partial charge in [-0.25, -0.2) is 17.9 Å². The van der Waals surface area contributed by atoms with Crippen LogP contribution in [-0.4, -0.2) is 26.4 Å². The first-order valence-electron chi connectivity index (χ1n) is 7.90. The lowest BCUT2D eigenvalue weighted by atomic mass is 9.97. The van der Waals surface area contributed by atoms with E-state index >= 15 is 0 Å². The van der Waals surface area contributed by atoms with E-state index in [-0.39, 0.29) is 6.54 Å². The molecule has 0 atom stereocenters. The summed E-state index contributed by atoms with van der Waals surface area (Å²) in [6.07, 6.45) is 0.651. The van der Waals surface area contributed by atoms with Crippen LogP contribution in [0.5, 0.6) is 0 Å². The van der Waals surface area contributed by atoms with Gasteiger partial charge in [0.1, 0.15) is 5.60 Å². The molecule has 0 bridgehead atoms. The molecule has 0 heterocycles. The second-order valence-corrected chi connectivity index (χ2v) is 9.02. The highest BCUT2D eigenvalue weighted by Gasteiger charge is 2.16. The number of amides is 1. The number of carbonyl (C=O) groups is 1. The molecule has 0 saturated carbocycles. The van der Waals surface area contributed by atoms with Crippen LogP contribution in [0.4, 0.5) is 4.79 Å². The van der Waals surface area contributed by atoms with Crippen molar-refractivity contribution in [1.29, 1.82) is 0 Å². The van der Waals surface area contributed by atoms with Crippen LogP contribution in [0.1, 0.15) is 57.2 Å². The van der Waals surface area contributed by atoms with Crippen molar-refractivity contribution in [2.24, 2.45) is 0 Å². The Hall–Kier alpha value is -1.60. The fraction of sp³-hybridized carbons (Fsp3) is 0.588. The minimum absolute atomic E-state index is 0.221. The molecule has 0 aliphatic carbocycles. The molecule has 24 heavy (non-hydrogen) atoms. The Morgan fingerprint density at radius 3 is 2.12 bits per heavy atom. The summed E-state index contributed by atoms with van der Waals surface area (Å²) in [6.45, 7) is 10.1. The van der Waals surface area contributed by atoms with E-state index in [1.54, 1.807) is 20.8 Å². The smallest absolute Gasteiger partial charge is 0.407 e. The first-order valence-corrected chi connectivity index (χ1v) is 9.79. The van der Waals surface area contributed by atoms with Crippen molar-refractivity contribution >= 4 is 16.1 Å². The highest BCUT2D eigenvalue weighted by Crippen LogP contribution is 2.19. The molecule has 6 nitrogen and oxygen atoms in total. The van der Waals surface area contributed by atoms with Gasteiger partial charge in [0.05, 0.1) is 6.26 Å². The van der Waals surface area contributed by atoms with Gasteiger partial charge in [0.15, 0.2) is 0 Å². The molecule has 0 spiro atoms. The lowest BCUT2D eigenvalue weighted by Crippen LogP contribution is -2.32. The highest BCUT2D eigenvalue weighted by atomic mass is 32.2. The van der Waals surface area contributed by atoms with Crippen LogP contribution in [0.15, 0.2) is 18.2 Å². The molecular formula is C17H28N2O4S. The fourth-order valence-electron chi connectivity index (χ4n) is 2.03. The van der Waals surface area contributed by atoms with E-state index in [9.17, 15) is 13.2 Å². The van der Waals surface area contributed by atoms with Crippen molar-refractivity contribution < 1.29 is 17.9 Å². The SMILES string of the molecule is CC(C)c1cc(CNC(=O)OC(C)(C)C)cc(CNS(C)(=O)=O)c1. The molecule has 7 heteroatoms. The Labute approximate surface area is 145 Å². The molecule has 0 aliphatic heterocycles. The topological polar surface area (TPSA) is 84.5 Å². The zero-order valence-electron chi connectivity index (χ0n) is 15.3. The van der Waals surface area contributed by atoms with Crippen LogP contribution in [0.3, 0.4) is 0 Å². The van der Waals surface area contributed by atoms with E-state index in [1.165, 1.54) is 0 Å². The number of benzene rings is 1. The largest absolute Gasteiger partial charge is 0.444 e. The van der Waals surface area contributed by atoms with E-state index in [1.807, 2.05) is 18.2 Å². The number of rotatable bonds is 6. The summed E-state index contributed by atoms with van der Waals surface area (Å²) in [6, 6.07) is 5.85. The zero-order valence-corrected chi connectivity index (χ0v) is 16.1. The lowest BCUT2D eigenvalue weighted by molar-refractivity contribution is 0.0523. The van der Waals surface area contributed by atoms with Crippen molar-refractivity contribution in [3.63, 3.8) is 0 Å². The van der Waals surface area contributed by atoms with Gasteiger partial charge in [-0.1, -0.05) is 32.0 Å².